The molecule has 1 unspecified atom stereocenters. The summed E-state index contributed by atoms with van der Waals surface area (Å²) in [6, 6.07) is 18.5. The lowest BCUT2D eigenvalue weighted by Gasteiger charge is -2.08. The number of pyridine rings is 1. The van der Waals surface area contributed by atoms with E-state index in [2.05, 4.69) is 9.71 Å². The van der Waals surface area contributed by atoms with Crippen molar-refractivity contribution in [2.45, 2.75) is 4.90 Å². The number of rotatable bonds is 3. The first-order chi connectivity index (χ1) is 9.74. The zero-order valence-electron chi connectivity index (χ0n) is 10.4. The highest BCUT2D eigenvalue weighted by Crippen LogP contribution is 2.24. The lowest BCUT2D eigenvalue weighted by Crippen LogP contribution is -2.05. The lowest BCUT2D eigenvalue weighted by molar-refractivity contribution is 0.686. The minimum absolute atomic E-state index is 0.414. The highest BCUT2D eigenvalue weighted by Gasteiger charge is 2.07. The van der Waals surface area contributed by atoms with E-state index in [-0.39, 0.29) is 0 Å². The molecule has 3 rings (SSSR count). The van der Waals surface area contributed by atoms with Crippen LogP contribution in [0.4, 0.5) is 5.69 Å². The number of nitrogens with zero attached hydrogens (tertiary/aromatic N) is 1. The molecule has 0 aliphatic heterocycles. The van der Waals surface area contributed by atoms with Crippen LogP contribution in [-0.2, 0) is 11.0 Å². The average molecular weight is 303 g/mol. The maximum atomic E-state index is 12.3. The summed E-state index contributed by atoms with van der Waals surface area (Å²) in [7, 11) is -1.33. The van der Waals surface area contributed by atoms with Gasteiger partial charge >= 0.3 is 0 Å². The summed E-state index contributed by atoms with van der Waals surface area (Å²) in [4.78, 5) is 5.01. The van der Waals surface area contributed by atoms with Crippen molar-refractivity contribution in [3.05, 3.63) is 65.8 Å². The van der Waals surface area contributed by atoms with E-state index in [1.807, 2.05) is 54.6 Å². The van der Waals surface area contributed by atoms with E-state index < -0.39 is 11.0 Å². The Labute approximate surface area is 124 Å². The summed E-state index contributed by atoms with van der Waals surface area (Å²) in [5.41, 5.74) is 1.41. The number of nitrogens with one attached hydrogen (secondary N) is 1. The molecule has 0 bridgehead atoms. The second kappa shape index (κ2) is 5.61. The molecule has 3 aromatic rings. The Balaban J connectivity index is 1.99. The fourth-order valence-corrected chi connectivity index (χ4v) is 2.94. The zero-order chi connectivity index (χ0) is 13.9. The Bertz CT molecular complexity index is 777. The summed E-state index contributed by atoms with van der Waals surface area (Å²) >= 11 is 5.93. The van der Waals surface area contributed by atoms with Crippen LogP contribution < -0.4 is 4.72 Å². The standard InChI is InChI=1S/C15H11ClN2OS/c16-14-10-9-11-5-4-8-13(15(11)17-14)18-20(19)12-6-2-1-3-7-12/h1-10,18H. The van der Waals surface area contributed by atoms with Gasteiger partial charge in [-0.05, 0) is 30.3 Å². The summed E-state index contributed by atoms with van der Waals surface area (Å²) < 4.78 is 15.3. The Hall–Kier alpha value is -1.91. The molecule has 0 spiro atoms. The normalized spacial score (nSPS) is 12.2. The predicted octanol–water partition coefficient (Wildman–Crippen LogP) is 4.02. The van der Waals surface area contributed by atoms with Crippen molar-refractivity contribution in [2.24, 2.45) is 0 Å². The molecular weight excluding hydrogens is 292 g/mol. The minimum atomic E-state index is -1.33. The fourth-order valence-electron chi connectivity index (χ4n) is 1.91. The Morgan fingerprint density at radius 1 is 0.950 bits per heavy atom. The summed E-state index contributed by atoms with van der Waals surface area (Å²) in [6.45, 7) is 0. The van der Waals surface area contributed by atoms with Crippen LogP contribution in [0, 0.1) is 0 Å². The van der Waals surface area contributed by atoms with Crippen LogP contribution in [0.25, 0.3) is 10.9 Å². The maximum Gasteiger partial charge on any atom is 0.150 e. The maximum absolute atomic E-state index is 12.3. The first-order valence-corrected chi connectivity index (χ1v) is 7.55. The summed E-state index contributed by atoms with van der Waals surface area (Å²) in [5, 5.41) is 1.36. The SMILES string of the molecule is O=S(Nc1cccc2ccc(Cl)nc12)c1ccccc1. The number of halogens is 1. The van der Waals surface area contributed by atoms with Gasteiger partial charge in [0.15, 0.2) is 0 Å². The number of hydrogen-bond acceptors (Lipinski definition) is 2. The van der Waals surface area contributed by atoms with Gasteiger partial charge in [0.05, 0.1) is 16.1 Å². The molecule has 0 radical (unpaired) electrons. The van der Waals surface area contributed by atoms with Gasteiger partial charge in [-0.2, -0.15) is 0 Å². The summed E-state index contributed by atoms with van der Waals surface area (Å²) in [6.07, 6.45) is 0. The van der Waals surface area contributed by atoms with Gasteiger partial charge in [0.1, 0.15) is 16.1 Å². The van der Waals surface area contributed by atoms with Gasteiger partial charge in [-0.15, -0.1) is 0 Å². The topological polar surface area (TPSA) is 42.0 Å². The molecule has 1 aromatic heterocycles. The van der Waals surface area contributed by atoms with Crippen molar-refractivity contribution >= 4 is 39.2 Å². The van der Waals surface area contributed by atoms with E-state index in [1.54, 1.807) is 6.07 Å². The molecule has 0 saturated heterocycles. The Morgan fingerprint density at radius 3 is 2.55 bits per heavy atom. The monoisotopic (exact) mass is 302 g/mol. The molecule has 2 aromatic carbocycles. The third kappa shape index (κ3) is 2.66. The van der Waals surface area contributed by atoms with Crippen LogP contribution in [0.15, 0.2) is 65.6 Å². The largest absolute Gasteiger partial charge is 0.299 e. The van der Waals surface area contributed by atoms with Crippen LogP contribution in [0.5, 0.6) is 0 Å². The third-order valence-corrected chi connectivity index (χ3v) is 4.16. The first-order valence-electron chi connectivity index (χ1n) is 6.03. The lowest BCUT2D eigenvalue weighted by atomic mass is 10.2. The summed E-state index contributed by atoms with van der Waals surface area (Å²) in [5.74, 6) is 0. The molecule has 1 atom stereocenters. The number of para-hydroxylation sites is 1. The first kappa shape index (κ1) is 13.1. The van der Waals surface area contributed by atoms with Crippen molar-refractivity contribution in [2.75, 3.05) is 4.72 Å². The number of fused-ring (bicyclic) bond motifs is 1. The van der Waals surface area contributed by atoms with Gasteiger partial charge in [0.25, 0.3) is 0 Å². The van der Waals surface area contributed by atoms with Crippen LogP contribution in [-0.4, -0.2) is 9.19 Å². The van der Waals surface area contributed by atoms with Crippen molar-refractivity contribution < 1.29 is 4.21 Å². The van der Waals surface area contributed by atoms with E-state index in [0.29, 0.717) is 21.3 Å². The van der Waals surface area contributed by atoms with Crippen LogP contribution in [0.3, 0.4) is 0 Å². The quantitative estimate of drug-likeness (QED) is 0.742. The Morgan fingerprint density at radius 2 is 1.75 bits per heavy atom. The second-order valence-electron chi connectivity index (χ2n) is 4.20. The molecule has 0 aliphatic carbocycles. The molecule has 1 N–H and O–H groups in total. The highest BCUT2D eigenvalue weighted by atomic mass is 35.5. The predicted molar refractivity (Wildman–Crippen MR) is 83.2 cm³/mol. The minimum Gasteiger partial charge on any atom is -0.299 e. The van der Waals surface area contributed by atoms with Gasteiger partial charge in [0, 0.05) is 5.39 Å². The molecule has 0 saturated carbocycles. The van der Waals surface area contributed by atoms with Crippen LogP contribution >= 0.6 is 11.6 Å². The van der Waals surface area contributed by atoms with Gasteiger partial charge < -0.3 is 0 Å². The molecule has 0 aliphatic rings. The van der Waals surface area contributed by atoms with E-state index in [1.165, 1.54) is 0 Å². The molecular formula is C15H11ClN2OS. The molecule has 0 fully saturated rings. The number of benzene rings is 2. The number of aromatic nitrogens is 1. The van der Waals surface area contributed by atoms with E-state index >= 15 is 0 Å². The van der Waals surface area contributed by atoms with Crippen LogP contribution in [0.1, 0.15) is 0 Å². The molecule has 100 valence electrons. The van der Waals surface area contributed by atoms with E-state index in [0.717, 1.165) is 5.39 Å². The number of hydrogen-bond donors (Lipinski definition) is 1. The van der Waals surface area contributed by atoms with E-state index in [4.69, 9.17) is 11.6 Å². The van der Waals surface area contributed by atoms with Gasteiger partial charge in [0.2, 0.25) is 0 Å². The second-order valence-corrected chi connectivity index (χ2v) is 5.80. The molecule has 5 heteroatoms. The van der Waals surface area contributed by atoms with Crippen LogP contribution in [0.2, 0.25) is 5.15 Å². The third-order valence-electron chi connectivity index (χ3n) is 2.85. The van der Waals surface area contributed by atoms with Gasteiger partial charge in [-0.3, -0.25) is 4.72 Å². The molecule has 3 nitrogen and oxygen atoms in total. The van der Waals surface area contributed by atoms with Gasteiger partial charge in [-0.1, -0.05) is 41.9 Å². The molecule has 1 heterocycles. The Kier molecular flexibility index (Phi) is 3.67. The van der Waals surface area contributed by atoms with Gasteiger partial charge in [-0.25, -0.2) is 9.19 Å². The van der Waals surface area contributed by atoms with E-state index in [9.17, 15) is 4.21 Å². The molecule has 0 amide bonds. The van der Waals surface area contributed by atoms with Crippen molar-refractivity contribution in [3.8, 4) is 0 Å². The highest BCUT2D eigenvalue weighted by molar-refractivity contribution is 7.86. The number of anilines is 1. The average Bonchev–Trinajstić information content (AvgIpc) is 2.49. The molecule has 20 heavy (non-hydrogen) atoms. The smallest absolute Gasteiger partial charge is 0.150 e. The van der Waals surface area contributed by atoms with Crippen molar-refractivity contribution in [1.82, 2.24) is 4.98 Å². The zero-order valence-corrected chi connectivity index (χ0v) is 12.0. The fraction of sp³-hybridized carbons (Fsp3) is 0. The van der Waals surface area contributed by atoms with Crippen molar-refractivity contribution in [1.29, 1.82) is 0 Å². The van der Waals surface area contributed by atoms with Crippen molar-refractivity contribution in [3.63, 3.8) is 0 Å².